The van der Waals surface area contributed by atoms with E-state index in [1.165, 1.54) is 25.7 Å². The van der Waals surface area contributed by atoms with Crippen molar-refractivity contribution in [3.8, 4) is 0 Å². The van der Waals surface area contributed by atoms with Crippen LogP contribution in [0.1, 0.15) is 48.9 Å². The largest absolute Gasteiger partial charge is 0.741 e. The molecule has 5 radical (unpaired) electrons. The second kappa shape index (κ2) is 16.3. The Hall–Kier alpha value is -1.32. The molecule has 4 N–H and O–H groups in total. The first-order valence-electron chi connectivity index (χ1n) is 9.97. The summed E-state index contributed by atoms with van der Waals surface area (Å²) in [5.41, 5.74) is 8.78. The number of halogens is 3. The fraction of sp³-hybridized carbons (Fsp3) is 0.304. The molecule has 0 spiro atoms. The molecule has 0 bridgehead atoms. The molecule has 0 heterocycles. The van der Waals surface area contributed by atoms with E-state index in [1.54, 1.807) is 0 Å². The van der Waals surface area contributed by atoms with Crippen LogP contribution < -0.4 is 11.5 Å². The van der Waals surface area contributed by atoms with E-state index in [0.29, 0.717) is 0 Å². The summed E-state index contributed by atoms with van der Waals surface area (Å²) in [4.78, 5) is 0. The van der Waals surface area contributed by atoms with Crippen LogP contribution in [-0.4, -0.2) is 18.5 Å². The van der Waals surface area contributed by atoms with Gasteiger partial charge < -0.3 is 16.0 Å². The molecule has 2 aromatic carbocycles. The third-order valence-corrected chi connectivity index (χ3v) is 4.94. The van der Waals surface area contributed by atoms with Gasteiger partial charge in [0.2, 0.25) is 0 Å². The maximum atomic E-state index is 10.7. The van der Waals surface area contributed by atoms with Gasteiger partial charge in [0.05, 0.1) is 0 Å². The Kier molecular flexibility index (Phi) is 15.7. The van der Waals surface area contributed by atoms with Crippen LogP contribution in [-0.2, 0) is 29.6 Å². The maximum absolute atomic E-state index is 10.7. The van der Waals surface area contributed by atoms with Gasteiger partial charge >= 0.3 is 5.51 Å². The fourth-order valence-electron chi connectivity index (χ4n) is 2.62. The van der Waals surface area contributed by atoms with Gasteiger partial charge in [0.15, 0.2) is 10.1 Å². The minimum atomic E-state index is -6.09. The molecule has 0 amide bonds. The molecular formula is C23H28F3N2O3RhS-. The number of hydrogen-bond acceptors (Lipinski definition) is 5. The Bertz CT molecular complexity index is 787. The van der Waals surface area contributed by atoms with Crippen LogP contribution in [0.25, 0.3) is 0 Å². The summed E-state index contributed by atoms with van der Waals surface area (Å²) in [6.45, 7) is 0. The van der Waals surface area contributed by atoms with Crippen molar-refractivity contribution in [2.24, 2.45) is 11.5 Å². The van der Waals surface area contributed by atoms with E-state index in [9.17, 15) is 13.2 Å². The zero-order valence-electron chi connectivity index (χ0n) is 17.8. The quantitative estimate of drug-likeness (QED) is 0.312. The van der Waals surface area contributed by atoms with Crippen molar-refractivity contribution in [3.63, 3.8) is 0 Å². The molecule has 185 valence electrons. The second-order valence-corrected chi connectivity index (χ2v) is 8.24. The number of hydrogen-bond donors (Lipinski definition) is 2. The average Bonchev–Trinajstić information content (AvgIpc) is 2.73. The first-order valence-corrected chi connectivity index (χ1v) is 11.4. The predicted octanol–water partition coefficient (Wildman–Crippen LogP) is 4.81. The Balaban J connectivity index is 0.000000512. The standard InChI is InChI=1S/C14H16N2.C8H12.CHF3O3S.Rh/c15-13(11-7-3-1-4-8-11)14(16)12-9-5-2-6-10-12;1-2-4-6-8-7-5-3-1;2-1(3,4)8(5,6)7;/h1-10,13-14H,15-16H2;1-2,7-8H,3-6H2;(H,5,6,7);/p-1/t13-,14-;;;/m1.../s1. The molecule has 1 aliphatic carbocycles. The molecule has 0 aromatic heterocycles. The van der Waals surface area contributed by atoms with Gasteiger partial charge in [-0.2, -0.15) is 13.2 Å². The van der Waals surface area contributed by atoms with Gasteiger partial charge in [-0.1, -0.05) is 60.7 Å². The number of alkyl halides is 3. The van der Waals surface area contributed by atoms with Crippen LogP contribution in [0, 0.1) is 25.7 Å². The van der Waals surface area contributed by atoms with Crippen molar-refractivity contribution < 1.29 is 45.6 Å². The van der Waals surface area contributed by atoms with Gasteiger partial charge in [-0.3, -0.25) is 0 Å². The summed E-state index contributed by atoms with van der Waals surface area (Å²) in [5.74, 6) is 0. The number of benzene rings is 2. The Labute approximate surface area is 207 Å². The van der Waals surface area contributed by atoms with Crippen molar-refractivity contribution >= 4 is 10.1 Å². The van der Waals surface area contributed by atoms with Gasteiger partial charge in [-0.05, 0) is 62.5 Å². The fourth-order valence-corrected chi connectivity index (χ4v) is 2.62. The second-order valence-electron chi connectivity index (χ2n) is 6.87. The summed E-state index contributed by atoms with van der Waals surface area (Å²) in [5, 5.41) is 0. The first-order chi connectivity index (χ1) is 15.0. The third-order valence-electron chi connectivity index (χ3n) is 4.37. The van der Waals surface area contributed by atoms with E-state index >= 15 is 0 Å². The van der Waals surface area contributed by atoms with Crippen LogP contribution in [0.15, 0.2) is 60.7 Å². The molecule has 2 aromatic rings. The van der Waals surface area contributed by atoms with Crippen molar-refractivity contribution in [1.29, 1.82) is 0 Å². The minimum absolute atomic E-state index is 0. The topological polar surface area (TPSA) is 109 Å². The van der Waals surface area contributed by atoms with Gasteiger partial charge in [-0.25, -0.2) is 8.42 Å². The van der Waals surface area contributed by atoms with Gasteiger partial charge in [-0.15, -0.1) is 0 Å². The molecule has 3 rings (SSSR count). The van der Waals surface area contributed by atoms with Crippen LogP contribution in [0.4, 0.5) is 13.2 Å². The summed E-state index contributed by atoms with van der Waals surface area (Å²) >= 11 is 0. The summed E-state index contributed by atoms with van der Waals surface area (Å²) in [7, 11) is -6.09. The van der Waals surface area contributed by atoms with E-state index < -0.39 is 15.6 Å². The third kappa shape index (κ3) is 13.2. The van der Waals surface area contributed by atoms with Crippen molar-refractivity contribution in [1.82, 2.24) is 0 Å². The van der Waals surface area contributed by atoms with Gasteiger partial charge in [0, 0.05) is 31.6 Å². The molecule has 33 heavy (non-hydrogen) atoms. The van der Waals surface area contributed by atoms with Crippen LogP contribution in [0.2, 0.25) is 0 Å². The number of rotatable bonds is 3. The Morgan fingerprint density at radius 2 is 0.939 bits per heavy atom. The molecule has 0 aliphatic heterocycles. The van der Waals surface area contributed by atoms with E-state index in [2.05, 4.69) is 25.7 Å². The first kappa shape index (κ1) is 31.7. The van der Waals surface area contributed by atoms with Crippen molar-refractivity contribution in [2.75, 3.05) is 0 Å². The van der Waals surface area contributed by atoms with Crippen LogP contribution >= 0.6 is 0 Å². The molecule has 5 nitrogen and oxygen atoms in total. The monoisotopic (exact) mass is 572 g/mol. The summed E-state index contributed by atoms with van der Waals surface area (Å²) < 4.78 is 58.9. The molecule has 0 saturated heterocycles. The Morgan fingerprint density at radius 3 is 1.15 bits per heavy atom. The van der Waals surface area contributed by atoms with E-state index in [1.807, 2.05) is 60.7 Å². The Morgan fingerprint density at radius 1 is 0.697 bits per heavy atom. The molecule has 1 aliphatic rings. The predicted molar refractivity (Wildman–Crippen MR) is 118 cm³/mol. The van der Waals surface area contributed by atoms with Crippen molar-refractivity contribution in [2.45, 2.75) is 43.3 Å². The molecule has 0 unspecified atom stereocenters. The average molecular weight is 572 g/mol. The summed E-state index contributed by atoms with van der Waals surface area (Å²) in [6, 6.07) is 19.6. The molecule has 2 atom stereocenters. The van der Waals surface area contributed by atoms with Gasteiger partial charge in [0.25, 0.3) is 0 Å². The molecule has 1 saturated carbocycles. The molecule has 10 heteroatoms. The number of nitrogens with two attached hydrogens (primary N) is 2. The maximum Gasteiger partial charge on any atom is 0.485 e. The molecular weight excluding hydrogens is 544 g/mol. The van der Waals surface area contributed by atoms with Crippen molar-refractivity contribution in [3.05, 3.63) is 97.5 Å². The van der Waals surface area contributed by atoms with Crippen LogP contribution in [0.5, 0.6) is 0 Å². The smallest absolute Gasteiger partial charge is 0.485 e. The summed E-state index contributed by atoms with van der Waals surface area (Å²) in [6.07, 6.45) is 14.0. The van der Waals surface area contributed by atoms with Crippen LogP contribution in [0.3, 0.4) is 0 Å². The van der Waals surface area contributed by atoms with Gasteiger partial charge in [0.1, 0.15) is 0 Å². The molecule has 1 fully saturated rings. The minimum Gasteiger partial charge on any atom is -0.741 e. The SMILES string of the molecule is N[C@H](c1ccccc1)[C@H](N)c1ccccc1.O=S(=O)([O-])C(F)(F)F.[CH]1[CH]CC[CH][CH]CC1.[Rh]. The van der Waals surface area contributed by atoms with E-state index in [4.69, 9.17) is 24.4 Å². The zero-order valence-corrected chi connectivity index (χ0v) is 20.3. The normalized spacial score (nSPS) is 16.2. The van der Waals surface area contributed by atoms with E-state index in [0.717, 1.165) is 11.1 Å². The zero-order chi connectivity index (χ0) is 24.0. The van der Waals surface area contributed by atoms with E-state index in [-0.39, 0.29) is 31.6 Å².